The van der Waals surface area contributed by atoms with Crippen LogP contribution in [-0.2, 0) is 0 Å². The maximum absolute atomic E-state index is 9.61. The molecule has 2 heterocycles. The number of phenolic OH excluding ortho intramolecular Hbond substituents is 1. The molecule has 32 heavy (non-hydrogen) atoms. The molecule has 1 saturated heterocycles. The molecule has 7 heteroatoms. The lowest BCUT2D eigenvalue weighted by Gasteiger charge is -2.34. The maximum Gasteiger partial charge on any atom is 0.227 e. The Kier molecular flexibility index (Phi) is 5.25. The van der Waals surface area contributed by atoms with E-state index in [0.29, 0.717) is 5.95 Å². The Morgan fingerprint density at radius 3 is 2.50 bits per heavy atom. The fraction of sp³-hybridized carbons (Fsp3) is 0.200. The summed E-state index contributed by atoms with van der Waals surface area (Å²) in [5.41, 5.74) is 11.9. The predicted octanol–water partition coefficient (Wildman–Crippen LogP) is 4.08. The Bertz CT molecular complexity index is 1250. The van der Waals surface area contributed by atoms with E-state index in [9.17, 15) is 5.11 Å². The highest BCUT2D eigenvalue weighted by Crippen LogP contribution is 2.31. The average Bonchev–Trinajstić information content (AvgIpc) is 2.80. The zero-order valence-electron chi connectivity index (χ0n) is 18.0. The Hall–Kier alpha value is -3.84. The van der Waals surface area contributed by atoms with Crippen molar-refractivity contribution in [3.63, 3.8) is 0 Å². The first-order valence-electron chi connectivity index (χ1n) is 10.7. The molecular formula is C25H26N6O. The molecule has 7 nitrogen and oxygen atoms in total. The number of nitrogens with two attached hydrogens (primary N) is 1. The van der Waals surface area contributed by atoms with E-state index < -0.39 is 0 Å². The van der Waals surface area contributed by atoms with Crippen LogP contribution in [0.1, 0.15) is 0 Å². The molecule has 3 aromatic carbocycles. The second-order valence-corrected chi connectivity index (χ2v) is 8.17. The summed E-state index contributed by atoms with van der Waals surface area (Å²) < 4.78 is 0. The van der Waals surface area contributed by atoms with E-state index in [1.165, 1.54) is 0 Å². The summed E-state index contributed by atoms with van der Waals surface area (Å²) in [6, 6.07) is 19.1. The van der Waals surface area contributed by atoms with E-state index in [2.05, 4.69) is 33.2 Å². The number of phenols is 1. The normalized spacial score (nSPS) is 14.6. The molecular weight excluding hydrogens is 400 g/mol. The van der Waals surface area contributed by atoms with Gasteiger partial charge in [-0.25, -0.2) is 9.97 Å². The van der Waals surface area contributed by atoms with Gasteiger partial charge in [0.1, 0.15) is 5.75 Å². The van der Waals surface area contributed by atoms with Crippen molar-refractivity contribution in [1.82, 2.24) is 14.9 Å². The summed E-state index contributed by atoms with van der Waals surface area (Å²) in [4.78, 5) is 13.9. The number of anilines is 4. The summed E-state index contributed by atoms with van der Waals surface area (Å²) >= 11 is 0. The van der Waals surface area contributed by atoms with Gasteiger partial charge in [0.05, 0.1) is 16.9 Å². The number of hydrogen-bond acceptors (Lipinski definition) is 7. The first kappa shape index (κ1) is 20.1. The molecule has 4 N–H and O–H groups in total. The minimum absolute atomic E-state index is 0.239. The van der Waals surface area contributed by atoms with Crippen LogP contribution in [0.15, 0.2) is 66.9 Å². The van der Waals surface area contributed by atoms with Crippen LogP contribution in [-0.4, -0.2) is 53.2 Å². The topological polar surface area (TPSA) is 90.5 Å². The number of likely N-dealkylation sites (N-methyl/N-ethyl adjacent to an activating group) is 1. The van der Waals surface area contributed by atoms with Crippen molar-refractivity contribution in [1.29, 1.82) is 0 Å². The number of nitrogen functional groups attached to an aromatic ring is 1. The van der Waals surface area contributed by atoms with Crippen LogP contribution in [0, 0.1) is 0 Å². The SMILES string of the molecule is CN1CCN(c2ccc(Nc3ncc4cccc(-c5ccc(O)cc5)c4n3)cc2N)CC1. The van der Waals surface area contributed by atoms with Gasteiger partial charge >= 0.3 is 0 Å². The summed E-state index contributed by atoms with van der Waals surface area (Å²) in [7, 11) is 2.14. The number of benzene rings is 3. The third kappa shape index (κ3) is 4.02. The zero-order chi connectivity index (χ0) is 22.1. The monoisotopic (exact) mass is 426 g/mol. The van der Waals surface area contributed by atoms with Crippen LogP contribution in [0.2, 0.25) is 0 Å². The van der Waals surface area contributed by atoms with Crippen molar-refractivity contribution in [2.45, 2.75) is 0 Å². The fourth-order valence-electron chi connectivity index (χ4n) is 4.09. The number of piperazine rings is 1. The average molecular weight is 427 g/mol. The van der Waals surface area contributed by atoms with Gasteiger partial charge in [0.2, 0.25) is 5.95 Å². The smallest absolute Gasteiger partial charge is 0.227 e. The van der Waals surface area contributed by atoms with Gasteiger partial charge in [-0.2, -0.15) is 0 Å². The van der Waals surface area contributed by atoms with E-state index in [1.807, 2.05) is 48.7 Å². The molecule has 1 aliphatic heterocycles. The van der Waals surface area contributed by atoms with Crippen molar-refractivity contribution in [3.8, 4) is 16.9 Å². The van der Waals surface area contributed by atoms with E-state index >= 15 is 0 Å². The lowest BCUT2D eigenvalue weighted by molar-refractivity contribution is 0.313. The van der Waals surface area contributed by atoms with Gasteiger partial charge in [-0.1, -0.05) is 30.3 Å². The Morgan fingerprint density at radius 2 is 1.75 bits per heavy atom. The van der Waals surface area contributed by atoms with Gasteiger partial charge in [0, 0.05) is 49.0 Å². The third-order valence-electron chi connectivity index (χ3n) is 5.92. The van der Waals surface area contributed by atoms with Gasteiger partial charge < -0.3 is 26.0 Å². The van der Waals surface area contributed by atoms with Gasteiger partial charge in [-0.05, 0) is 42.9 Å². The van der Waals surface area contributed by atoms with Crippen molar-refractivity contribution < 1.29 is 5.11 Å². The standard InChI is InChI=1S/C25H26N6O/c1-30-11-13-31(14-12-30)23-10-7-19(15-22(23)26)28-25-27-16-18-3-2-4-21(24(18)29-25)17-5-8-20(32)9-6-17/h2-10,15-16,32H,11-14,26H2,1H3,(H,27,28,29). The number of hydrogen-bond donors (Lipinski definition) is 3. The summed E-state index contributed by atoms with van der Waals surface area (Å²) in [6.45, 7) is 4.02. The van der Waals surface area contributed by atoms with Crippen molar-refractivity contribution >= 4 is 33.9 Å². The summed E-state index contributed by atoms with van der Waals surface area (Å²) in [6.07, 6.45) is 1.82. The second-order valence-electron chi connectivity index (χ2n) is 8.17. The Balaban J connectivity index is 1.42. The number of nitrogens with zero attached hydrogens (tertiary/aromatic N) is 4. The highest BCUT2D eigenvalue weighted by molar-refractivity contribution is 5.94. The van der Waals surface area contributed by atoms with Gasteiger partial charge in [-0.15, -0.1) is 0 Å². The molecule has 0 bridgehead atoms. The van der Waals surface area contributed by atoms with Crippen LogP contribution < -0.4 is 16.0 Å². The molecule has 1 aliphatic rings. The summed E-state index contributed by atoms with van der Waals surface area (Å²) in [5, 5.41) is 13.9. The Labute approximate surface area is 187 Å². The molecule has 0 radical (unpaired) electrons. The molecule has 162 valence electrons. The second kappa shape index (κ2) is 8.36. The van der Waals surface area contributed by atoms with E-state index in [0.717, 1.165) is 65.3 Å². The molecule has 0 amide bonds. The molecule has 1 aromatic heterocycles. The van der Waals surface area contributed by atoms with Crippen molar-refractivity contribution in [2.75, 3.05) is 49.2 Å². The first-order chi connectivity index (χ1) is 15.6. The number of aromatic hydroxyl groups is 1. The molecule has 1 fully saturated rings. The lowest BCUT2D eigenvalue weighted by atomic mass is 10.0. The number of para-hydroxylation sites is 1. The van der Waals surface area contributed by atoms with Crippen LogP contribution in [0.25, 0.3) is 22.0 Å². The minimum atomic E-state index is 0.239. The number of fused-ring (bicyclic) bond motifs is 1. The fourth-order valence-corrected chi connectivity index (χ4v) is 4.09. The van der Waals surface area contributed by atoms with Crippen LogP contribution in [0.3, 0.4) is 0 Å². The van der Waals surface area contributed by atoms with Crippen LogP contribution in [0.4, 0.5) is 23.0 Å². The number of rotatable bonds is 4. The molecule has 0 spiro atoms. The molecule has 5 rings (SSSR count). The molecule has 4 aromatic rings. The third-order valence-corrected chi connectivity index (χ3v) is 5.92. The zero-order valence-corrected chi connectivity index (χ0v) is 18.0. The Morgan fingerprint density at radius 1 is 0.969 bits per heavy atom. The minimum Gasteiger partial charge on any atom is -0.508 e. The van der Waals surface area contributed by atoms with Gasteiger partial charge in [-0.3, -0.25) is 0 Å². The van der Waals surface area contributed by atoms with Crippen LogP contribution >= 0.6 is 0 Å². The largest absolute Gasteiger partial charge is 0.508 e. The quantitative estimate of drug-likeness (QED) is 0.424. The molecule has 0 unspecified atom stereocenters. The van der Waals surface area contributed by atoms with E-state index in [1.54, 1.807) is 12.1 Å². The maximum atomic E-state index is 9.61. The summed E-state index contributed by atoms with van der Waals surface area (Å²) in [5.74, 6) is 0.749. The highest BCUT2D eigenvalue weighted by Gasteiger charge is 2.16. The molecule has 0 saturated carbocycles. The first-order valence-corrected chi connectivity index (χ1v) is 10.7. The molecule has 0 atom stereocenters. The van der Waals surface area contributed by atoms with E-state index in [-0.39, 0.29) is 5.75 Å². The number of aromatic nitrogens is 2. The van der Waals surface area contributed by atoms with Crippen molar-refractivity contribution in [3.05, 3.63) is 66.9 Å². The lowest BCUT2D eigenvalue weighted by Crippen LogP contribution is -2.44. The number of nitrogens with one attached hydrogen (secondary N) is 1. The van der Waals surface area contributed by atoms with Crippen LogP contribution in [0.5, 0.6) is 5.75 Å². The highest BCUT2D eigenvalue weighted by atomic mass is 16.3. The predicted molar refractivity (Wildman–Crippen MR) is 130 cm³/mol. The molecule has 0 aliphatic carbocycles. The van der Waals surface area contributed by atoms with Crippen molar-refractivity contribution in [2.24, 2.45) is 0 Å². The van der Waals surface area contributed by atoms with Gasteiger partial charge in [0.15, 0.2) is 0 Å². The van der Waals surface area contributed by atoms with E-state index in [4.69, 9.17) is 10.7 Å². The van der Waals surface area contributed by atoms with Gasteiger partial charge in [0.25, 0.3) is 0 Å².